The van der Waals surface area contributed by atoms with E-state index in [1.54, 1.807) is 12.3 Å². The third-order valence-electron chi connectivity index (χ3n) is 5.01. The first-order valence-electron chi connectivity index (χ1n) is 8.01. The lowest BCUT2D eigenvalue weighted by Crippen LogP contribution is -2.55. The van der Waals surface area contributed by atoms with Crippen molar-refractivity contribution in [2.45, 2.75) is 57.4 Å². The second-order valence-corrected chi connectivity index (χ2v) is 7.58. The molecule has 1 aromatic rings. The van der Waals surface area contributed by atoms with E-state index >= 15 is 0 Å². The van der Waals surface area contributed by atoms with E-state index in [0.717, 1.165) is 29.9 Å². The Labute approximate surface area is 142 Å². The van der Waals surface area contributed by atoms with E-state index in [0.29, 0.717) is 5.16 Å². The van der Waals surface area contributed by atoms with Crippen molar-refractivity contribution in [2.24, 2.45) is 0 Å². The topological polar surface area (TPSA) is 54.9 Å². The van der Waals surface area contributed by atoms with Crippen LogP contribution in [0.4, 0.5) is 0 Å². The number of aromatic nitrogens is 2. The molecule has 0 aromatic carbocycles. The Bertz CT molecular complexity index is 725. The molecule has 23 heavy (non-hydrogen) atoms. The molecule has 2 atom stereocenters. The van der Waals surface area contributed by atoms with Crippen molar-refractivity contribution in [3.63, 3.8) is 0 Å². The standard InChI is InChI=1S/C18H22ClN3O/c1-11(2)16-20-10-7-13(21-16)17(3)8-9-18(4)12(15(17)23)5-6-14(19)22-18/h5-7,10-11,22H,8-9H2,1-4H3. The average molecular weight is 332 g/mol. The Morgan fingerprint density at radius 2 is 2.00 bits per heavy atom. The van der Waals surface area contributed by atoms with E-state index in [1.165, 1.54) is 0 Å². The van der Waals surface area contributed by atoms with Gasteiger partial charge < -0.3 is 5.32 Å². The Hall–Kier alpha value is -1.68. The van der Waals surface area contributed by atoms with Crippen LogP contribution >= 0.6 is 11.6 Å². The van der Waals surface area contributed by atoms with Gasteiger partial charge in [-0.25, -0.2) is 9.97 Å². The zero-order chi connectivity index (χ0) is 16.8. The first-order valence-corrected chi connectivity index (χ1v) is 8.38. The van der Waals surface area contributed by atoms with Crippen molar-refractivity contribution in [2.75, 3.05) is 0 Å². The maximum absolute atomic E-state index is 13.2. The van der Waals surface area contributed by atoms with E-state index in [4.69, 9.17) is 11.6 Å². The Balaban J connectivity index is 2.04. The minimum Gasteiger partial charge on any atom is -0.366 e. The molecule has 1 aliphatic carbocycles. The van der Waals surface area contributed by atoms with Crippen LogP contribution in [0.2, 0.25) is 0 Å². The normalized spacial score (nSPS) is 30.4. The van der Waals surface area contributed by atoms with E-state index in [1.807, 2.05) is 26.0 Å². The summed E-state index contributed by atoms with van der Waals surface area (Å²) < 4.78 is 0. The van der Waals surface area contributed by atoms with Gasteiger partial charge in [0.15, 0.2) is 5.78 Å². The minimum absolute atomic E-state index is 0.118. The van der Waals surface area contributed by atoms with Crippen molar-refractivity contribution in [1.82, 2.24) is 15.3 Å². The number of halogens is 1. The maximum Gasteiger partial charge on any atom is 0.173 e. The molecule has 1 N–H and O–H groups in total. The fraction of sp³-hybridized carbons (Fsp3) is 0.500. The van der Waals surface area contributed by atoms with E-state index in [9.17, 15) is 4.79 Å². The van der Waals surface area contributed by atoms with Crippen LogP contribution in [0.3, 0.4) is 0 Å². The first-order chi connectivity index (χ1) is 10.8. The van der Waals surface area contributed by atoms with E-state index in [2.05, 4.69) is 29.1 Å². The number of Topliss-reactive ketones (excluding diaryl/α,β-unsaturated/α-hetero) is 1. The van der Waals surface area contributed by atoms with Crippen LogP contribution in [0, 0.1) is 0 Å². The molecule has 1 saturated carbocycles. The molecule has 0 amide bonds. The number of nitrogens with one attached hydrogen (secondary N) is 1. The number of fused-ring (bicyclic) bond motifs is 1. The lowest BCUT2D eigenvalue weighted by Gasteiger charge is -2.45. The molecule has 2 unspecified atom stereocenters. The van der Waals surface area contributed by atoms with E-state index < -0.39 is 11.0 Å². The number of rotatable bonds is 2. The highest BCUT2D eigenvalue weighted by Gasteiger charge is 2.50. The van der Waals surface area contributed by atoms with Crippen LogP contribution in [0.5, 0.6) is 0 Å². The van der Waals surface area contributed by atoms with Gasteiger partial charge in [0.1, 0.15) is 11.0 Å². The summed E-state index contributed by atoms with van der Waals surface area (Å²) >= 11 is 6.09. The first kappa shape index (κ1) is 16.2. The van der Waals surface area contributed by atoms with Gasteiger partial charge in [-0.3, -0.25) is 4.79 Å². The summed E-state index contributed by atoms with van der Waals surface area (Å²) in [7, 11) is 0. The van der Waals surface area contributed by atoms with Crippen LogP contribution in [0.15, 0.2) is 35.1 Å². The molecular formula is C18H22ClN3O. The fourth-order valence-electron chi connectivity index (χ4n) is 3.35. The number of hydrogen-bond acceptors (Lipinski definition) is 4. The molecule has 3 rings (SSSR count). The number of ketones is 1. The molecule has 4 nitrogen and oxygen atoms in total. The lowest BCUT2D eigenvalue weighted by molar-refractivity contribution is -0.123. The molecule has 0 saturated heterocycles. The summed E-state index contributed by atoms with van der Waals surface area (Å²) in [5, 5.41) is 3.83. The zero-order valence-corrected chi connectivity index (χ0v) is 14.7. The van der Waals surface area contributed by atoms with Crippen LogP contribution in [-0.4, -0.2) is 21.3 Å². The van der Waals surface area contributed by atoms with Gasteiger partial charge in [0.25, 0.3) is 0 Å². The number of carbonyl (C=O) groups excluding carboxylic acids is 1. The molecular weight excluding hydrogens is 310 g/mol. The predicted octanol–water partition coefficient (Wildman–Crippen LogP) is 3.59. The van der Waals surface area contributed by atoms with Crippen LogP contribution in [-0.2, 0) is 10.2 Å². The summed E-state index contributed by atoms with van der Waals surface area (Å²) in [4.78, 5) is 22.2. The molecule has 0 bridgehead atoms. The van der Waals surface area contributed by atoms with Gasteiger partial charge in [0, 0.05) is 17.7 Å². The highest BCUT2D eigenvalue weighted by Crippen LogP contribution is 2.44. The second kappa shape index (κ2) is 5.45. The van der Waals surface area contributed by atoms with Gasteiger partial charge in [-0.05, 0) is 38.8 Å². The Morgan fingerprint density at radius 3 is 2.70 bits per heavy atom. The van der Waals surface area contributed by atoms with Crippen molar-refractivity contribution >= 4 is 17.4 Å². The third-order valence-corrected chi connectivity index (χ3v) is 5.23. The van der Waals surface area contributed by atoms with Gasteiger partial charge in [-0.1, -0.05) is 31.5 Å². The summed E-state index contributed by atoms with van der Waals surface area (Å²) in [6.45, 7) is 8.14. The van der Waals surface area contributed by atoms with Gasteiger partial charge in [0.05, 0.1) is 16.6 Å². The smallest absolute Gasteiger partial charge is 0.173 e. The molecule has 1 aromatic heterocycles. The van der Waals surface area contributed by atoms with E-state index in [-0.39, 0.29) is 11.7 Å². The van der Waals surface area contributed by atoms with Gasteiger partial charge >= 0.3 is 0 Å². The Morgan fingerprint density at radius 1 is 1.26 bits per heavy atom. The number of allylic oxidation sites excluding steroid dienone is 2. The monoisotopic (exact) mass is 331 g/mol. The fourth-order valence-corrected chi connectivity index (χ4v) is 3.62. The highest BCUT2D eigenvalue weighted by molar-refractivity contribution is 6.29. The number of dihydropyridines is 1. The maximum atomic E-state index is 13.2. The molecule has 1 fully saturated rings. The predicted molar refractivity (Wildman–Crippen MR) is 91.3 cm³/mol. The molecule has 0 radical (unpaired) electrons. The second-order valence-electron chi connectivity index (χ2n) is 7.17. The SMILES string of the molecule is CC(C)c1nccc(C2(C)CCC3(C)NC(Cl)=CC=C3C2=O)n1. The van der Waals surface area contributed by atoms with Crippen molar-refractivity contribution in [3.05, 3.63) is 46.7 Å². The largest absolute Gasteiger partial charge is 0.366 e. The number of nitrogens with zero attached hydrogens (tertiary/aromatic N) is 2. The average Bonchev–Trinajstić information content (AvgIpc) is 2.51. The minimum atomic E-state index is -0.614. The van der Waals surface area contributed by atoms with Crippen LogP contribution < -0.4 is 5.32 Å². The van der Waals surface area contributed by atoms with Crippen molar-refractivity contribution in [3.8, 4) is 0 Å². The van der Waals surface area contributed by atoms with Crippen molar-refractivity contribution < 1.29 is 4.79 Å². The summed E-state index contributed by atoms with van der Waals surface area (Å²) in [6, 6.07) is 1.87. The van der Waals surface area contributed by atoms with Crippen molar-refractivity contribution in [1.29, 1.82) is 0 Å². The van der Waals surface area contributed by atoms with Gasteiger partial charge in [-0.15, -0.1) is 0 Å². The molecule has 122 valence electrons. The van der Waals surface area contributed by atoms with Gasteiger partial charge in [0.2, 0.25) is 0 Å². The quantitative estimate of drug-likeness (QED) is 0.841. The Kier molecular flexibility index (Phi) is 3.83. The lowest BCUT2D eigenvalue weighted by atomic mass is 9.63. The number of hydrogen-bond donors (Lipinski definition) is 1. The van der Waals surface area contributed by atoms with Crippen LogP contribution in [0.1, 0.15) is 58.0 Å². The zero-order valence-electron chi connectivity index (χ0n) is 14.0. The summed E-state index contributed by atoms with van der Waals surface area (Å²) in [5.74, 6) is 1.14. The van der Waals surface area contributed by atoms with Gasteiger partial charge in [-0.2, -0.15) is 0 Å². The molecule has 2 heterocycles. The highest BCUT2D eigenvalue weighted by atomic mass is 35.5. The van der Waals surface area contributed by atoms with Crippen LogP contribution in [0.25, 0.3) is 0 Å². The summed E-state index contributed by atoms with van der Waals surface area (Å²) in [6.07, 6.45) is 6.91. The molecule has 1 aliphatic heterocycles. The molecule has 2 aliphatic rings. The third kappa shape index (κ3) is 2.59. The number of carbonyl (C=O) groups is 1. The molecule has 5 heteroatoms. The summed E-state index contributed by atoms with van der Waals surface area (Å²) in [5.41, 5.74) is 0.582. The molecule has 0 spiro atoms.